The van der Waals surface area contributed by atoms with Crippen molar-refractivity contribution in [3.8, 4) is 11.5 Å². The van der Waals surface area contributed by atoms with E-state index in [-0.39, 0.29) is 23.2 Å². The van der Waals surface area contributed by atoms with Gasteiger partial charge in [0, 0.05) is 49.8 Å². The van der Waals surface area contributed by atoms with Gasteiger partial charge < -0.3 is 24.6 Å². The van der Waals surface area contributed by atoms with Crippen molar-refractivity contribution in [2.75, 3.05) is 48.3 Å². The average molecular weight is 575 g/mol. The van der Waals surface area contributed by atoms with E-state index in [0.29, 0.717) is 5.75 Å². The molecule has 0 aliphatic carbocycles. The number of carbonyl (C=O) groups excluding carboxylic acids is 1. The van der Waals surface area contributed by atoms with Gasteiger partial charge in [0.1, 0.15) is 17.3 Å². The lowest BCUT2D eigenvalue weighted by Crippen LogP contribution is -2.44. The lowest BCUT2D eigenvalue weighted by molar-refractivity contribution is -0.0494. The first-order valence-corrected chi connectivity index (χ1v) is 13.5. The number of ether oxygens (including phenoxy) is 2. The Balaban J connectivity index is 1.44. The Kier molecular flexibility index (Phi) is 8.77. The summed E-state index contributed by atoms with van der Waals surface area (Å²) in [7, 11) is 2.12. The van der Waals surface area contributed by atoms with Crippen molar-refractivity contribution < 1.29 is 23.0 Å². The molecule has 11 heteroatoms. The van der Waals surface area contributed by atoms with Crippen LogP contribution in [0.5, 0.6) is 11.5 Å². The van der Waals surface area contributed by atoms with Crippen LogP contribution in [-0.2, 0) is 0 Å². The molecule has 1 aromatic heterocycles. The summed E-state index contributed by atoms with van der Waals surface area (Å²) < 4.78 is 37.1. The number of aromatic nitrogens is 2. The monoisotopic (exact) mass is 574 g/mol. The number of alkyl halides is 2. The first-order chi connectivity index (χ1) is 20.3. The number of hydrogen-bond acceptors (Lipinski definition) is 8. The molecule has 4 aromatic rings. The number of benzene rings is 3. The summed E-state index contributed by atoms with van der Waals surface area (Å²) in [6.07, 6.45) is 0.623. The van der Waals surface area contributed by atoms with Crippen LogP contribution in [0.3, 0.4) is 0 Å². The number of aryl methyl sites for hydroxylation is 2. The Bertz CT molecular complexity index is 1510. The highest BCUT2D eigenvalue weighted by molar-refractivity contribution is 5.98. The Labute approximate surface area is 243 Å². The number of piperazine rings is 1. The number of nitrogens with one attached hydrogen (secondary N) is 1. The van der Waals surface area contributed by atoms with Crippen LogP contribution < -0.4 is 24.6 Å². The maximum Gasteiger partial charge on any atom is 0.425 e. The highest BCUT2D eigenvalue weighted by atomic mass is 19.3. The highest BCUT2D eigenvalue weighted by Crippen LogP contribution is 2.36. The largest absolute Gasteiger partial charge is 0.433 e. The topological polar surface area (TPSA) is 83.1 Å². The molecule has 0 saturated carbocycles. The molecule has 1 amide bonds. The van der Waals surface area contributed by atoms with E-state index in [9.17, 15) is 13.6 Å². The van der Waals surface area contributed by atoms with Crippen molar-refractivity contribution in [2.24, 2.45) is 0 Å². The van der Waals surface area contributed by atoms with E-state index < -0.39 is 12.7 Å². The number of anilines is 5. The fourth-order valence-electron chi connectivity index (χ4n) is 4.73. The Morgan fingerprint density at radius 1 is 0.929 bits per heavy atom. The molecular weight excluding hydrogens is 542 g/mol. The Morgan fingerprint density at radius 2 is 1.62 bits per heavy atom. The first-order valence-electron chi connectivity index (χ1n) is 13.5. The molecule has 0 atom stereocenters. The molecule has 2 heterocycles. The maximum atomic E-state index is 13.7. The number of halogens is 2. The molecular formula is C31H32F2N6O3. The predicted octanol–water partition coefficient (Wildman–Crippen LogP) is 6.53. The SMILES string of the molecule is Cc1cccc(C)c1OC(=O)N(c1ccnc(Nc2ccc(N3CCN(C)CC3)cc2)n1)c1ccccc1OC(F)F. The minimum atomic E-state index is -3.10. The Hall–Kier alpha value is -4.77. The smallest absolute Gasteiger partial charge is 0.425 e. The van der Waals surface area contributed by atoms with E-state index in [0.717, 1.165) is 53.6 Å². The summed E-state index contributed by atoms with van der Waals surface area (Å²) in [5.74, 6) is 0.464. The second kappa shape index (κ2) is 12.8. The van der Waals surface area contributed by atoms with Crippen LogP contribution in [0.15, 0.2) is 79.0 Å². The molecule has 9 nitrogen and oxygen atoms in total. The number of rotatable bonds is 8. The summed E-state index contributed by atoms with van der Waals surface area (Å²) in [5.41, 5.74) is 3.39. The zero-order valence-corrected chi connectivity index (χ0v) is 23.6. The van der Waals surface area contributed by atoms with Crippen molar-refractivity contribution in [3.05, 3.63) is 90.1 Å². The molecule has 0 spiro atoms. The van der Waals surface area contributed by atoms with E-state index in [1.807, 2.05) is 56.3 Å². The summed E-state index contributed by atoms with van der Waals surface area (Å²) in [5, 5.41) is 3.16. The van der Waals surface area contributed by atoms with Crippen LogP contribution in [0.25, 0.3) is 0 Å². The lowest BCUT2D eigenvalue weighted by Gasteiger charge is -2.34. The van der Waals surface area contributed by atoms with Crippen LogP contribution in [-0.4, -0.2) is 60.8 Å². The van der Waals surface area contributed by atoms with E-state index in [1.54, 1.807) is 6.07 Å². The Morgan fingerprint density at radius 3 is 2.31 bits per heavy atom. The van der Waals surface area contributed by atoms with Crippen LogP contribution in [0.2, 0.25) is 0 Å². The predicted molar refractivity (Wildman–Crippen MR) is 159 cm³/mol. The number of hydrogen-bond donors (Lipinski definition) is 1. The van der Waals surface area contributed by atoms with E-state index >= 15 is 0 Å². The molecule has 3 aromatic carbocycles. The van der Waals surface area contributed by atoms with Crippen molar-refractivity contribution in [1.82, 2.24) is 14.9 Å². The second-order valence-corrected chi connectivity index (χ2v) is 9.97. The summed E-state index contributed by atoms with van der Waals surface area (Å²) in [6.45, 7) is 4.46. The van der Waals surface area contributed by atoms with E-state index in [4.69, 9.17) is 9.47 Å². The normalized spacial score (nSPS) is 13.6. The van der Waals surface area contributed by atoms with Gasteiger partial charge in [0.25, 0.3) is 0 Å². The summed E-state index contributed by atoms with van der Waals surface area (Å²) >= 11 is 0. The first kappa shape index (κ1) is 28.7. The summed E-state index contributed by atoms with van der Waals surface area (Å²) in [4.78, 5) is 28.3. The second-order valence-electron chi connectivity index (χ2n) is 9.97. The quantitative estimate of drug-likeness (QED) is 0.255. The van der Waals surface area contributed by atoms with Gasteiger partial charge in [-0.15, -0.1) is 0 Å². The van der Waals surface area contributed by atoms with Crippen LogP contribution >= 0.6 is 0 Å². The van der Waals surface area contributed by atoms with Gasteiger partial charge in [0.2, 0.25) is 5.95 Å². The fraction of sp³-hybridized carbons (Fsp3) is 0.258. The molecule has 0 radical (unpaired) electrons. The minimum absolute atomic E-state index is 0.0372. The molecule has 0 unspecified atom stereocenters. The van der Waals surface area contributed by atoms with Crippen molar-refractivity contribution in [1.29, 1.82) is 0 Å². The lowest BCUT2D eigenvalue weighted by atomic mass is 10.1. The molecule has 1 aliphatic rings. The van der Waals surface area contributed by atoms with Gasteiger partial charge in [-0.25, -0.2) is 14.7 Å². The van der Waals surface area contributed by atoms with Gasteiger partial charge >= 0.3 is 12.7 Å². The molecule has 1 fully saturated rings. The number of nitrogens with zero attached hydrogens (tertiary/aromatic N) is 5. The van der Waals surface area contributed by atoms with E-state index in [2.05, 4.69) is 32.1 Å². The number of para-hydroxylation sites is 3. The molecule has 0 bridgehead atoms. The number of likely N-dealkylation sites (N-methyl/N-ethyl adjacent to an activating group) is 1. The molecule has 42 heavy (non-hydrogen) atoms. The maximum absolute atomic E-state index is 13.7. The molecule has 1 N–H and O–H groups in total. The standard InChI is InChI=1S/C31H32F2N6O3/c1-21-7-6-8-22(2)28(21)42-31(40)39(25-9-4-5-10-26(25)41-29(32)33)27-15-16-34-30(36-27)35-23-11-13-24(14-12-23)38-19-17-37(3)18-20-38/h4-16,29H,17-20H2,1-3H3,(H,34,35,36). The average Bonchev–Trinajstić information content (AvgIpc) is 2.97. The number of amides is 1. The molecule has 218 valence electrons. The van der Waals surface area contributed by atoms with Gasteiger partial charge in [-0.1, -0.05) is 30.3 Å². The van der Waals surface area contributed by atoms with Crippen LogP contribution in [0, 0.1) is 13.8 Å². The van der Waals surface area contributed by atoms with Gasteiger partial charge in [0.15, 0.2) is 0 Å². The highest BCUT2D eigenvalue weighted by Gasteiger charge is 2.27. The van der Waals surface area contributed by atoms with Crippen LogP contribution in [0.1, 0.15) is 11.1 Å². The summed E-state index contributed by atoms with van der Waals surface area (Å²) in [6, 6.07) is 20.9. The third-order valence-electron chi connectivity index (χ3n) is 6.96. The third kappa shape index (κ3) is 6.74. The molecule has 1 aliphatic heterocycles. The zero-order chi connectivity index (χ0) is 29.6. The van der Waals surface area contributed by atoms with Gasteiger partial charge in [-0.3, -0.25) is 0 Å². The van der Waals surface area contributed by atoms with Gasteiger partial charge in [-0.05, 0) is 68.4 Å². The molecule has 5 rings (SSSR count). The van der Waals surface area contributed by atoms with Crippen molar-refractivity contribution in [2.45, 2.75) is 20.5 Å². The minimum Gasteiger partial charge on any atom is -0.433 e. The van der Waals surface area contributed by atoms with Crippen molar-refractivity contribution >= 4 is 34.9 Å². The van der Waals surface area contributed by atoms with Crippen LogP contribution in [0.4, 0.5) is 42.4 Å². The van der Waals surface area contributed by atoms with E-state index in [1.165, 1.54) is 30.5 Å². The molecule has 1 saturated heterocycles. The van der Waals surface area contributed by atoms with Gasteiger partial charge in [-0.2, -0.15) is 13.8 Å². The van der Waals surface area contributed by atoms with Gasteiger partial charge in [0.05, 0.1) is 5.69 Å². The number of carbonyl (C=O) groups is 1. The fourth-order valence-corrected chi connectivity index (χ4v) is 4.73. The third-order valence-corrected chi connectivity index (χ3v) is 6.96. The van der Waals surface area contributed by atoms with Crippen molar-refractivity contribution in [3.63, 3.8) is 0 Å². The zero-order valence-electron chi connectivity index (χ0n) is 23.6.